The van der Waals surface area contributed by atoms with E-state index in [1.165, 1.54) is 0 Å². The Balaban J connectivity index is 2.22. The van der Waals surface area contributed by atoms with Crippen molar-refractivity contribution in [2.75, 3.05) is 25.1 Å². The molecule has 1 N–H and O–H groups in total. The number of amides is 1. The van der Waals surface area contributed by atoms with Gasteiger partial charge < -0.3 is 19.5 Å². The molecule has 0 heterocycles. The molecule has 0 aliphatic heterocycles. The van der Waals surface area contributed by atoms with E-state index in [2.05, 4.69) is 5.32 Å². The largest absolute Gasteiger partial charge is 0.492 e. The molecule has 1 aromatic carbocycles. The summed E-state index contributed by atoms with van der Waals surface area (Å²) < 4.78 is 16.6. The van der Waals surface area contributed by atoms with Crippen molar-refractivity contribution in [3.63, 3.8) is 0 Å². The number of hydrogen-bond acceptors (Lipinski definition) is 5. The minimum atomic E-state index is -0.856. The Labute approximate surface area is 161 Å². The molecule has 6 nitrogen and oxygen atoms in total. The van der Waals surface area contributed by atoms with Gasteiger partial charge in [0.25, 0.3) is 5.91 Å². The average molecular weight is 377 g/mol. The van der Waals surface area contributed by atoms with Crippen LogP contribution in [0.15, 0.2) is 18.2 Å². The summed E-state index contributed by atoms with van der Waals surface area (Å²) >= 11 is 0. The highest BCUT2D eigenvalue weighted by atomic mass is 16.5. The number of rotatable bonds is 10. The molecule has 0 saturated heterocycles. The molecular formula is C21H31NO5. The lowest BCUT2D eigenvalue weighted by atomic mass is 9.98. The smallest absolute Gasteiger partial charge is 0.341 e. The van der Waals surface area contributed by atoms with E-state index < -0.39 is 11.6 Å². The predicted octanol–water partition coefficient (Wildman–Crippen LogP) is 4.04. The summed E-state index contributed by atoms with van der Waals surface area (Å²) in [5, 5.41) is 2.89. The number of carbonyl (C=O) groups is 2. The van der Waals surface area contributed by atoms with Crippen LogP contribution in [0.25, 0.3) is 0 Å². The van der Waals surface area contributed by atoms with Crippen molar-refractivity contribution >= 4 is 17.6 Å². The Hall–Kier alpha value is -2.08. The number of nitrogens with one attached hydrogen (secondary N) is 1. The second-order valence-corrected chi connectivity index (χ2v) is 7.40. The summed E-state index contributed by atoms with van der Waals surface area (Å²) in [5.74, 6) is 0.343. The first-order valence-corrected chi connectivity index (χ1v) is 9.71. The van der Waals surface area contributed by atoms with Crippen molar-refractivity contribution < 1.29 is 23.8 Å². The maximum atomic E-state index is 12.8. The summed E-state index contributed by atoms with van der Waals surface area (Å²) in [6.45, 7) is 10.8. The molecule has 0 spiro atoms. The quantitative estimate of drug-likeness (QED) is 0.623. The Morgan fingerprint density at radius 3 is 2.48 bits per heavy atom. The first kappa shape index (κ1) is 21.2. The summed E-state index contributed by atoms with van der Waals surface area (Å²) in [7, 11) is 0. The number of esters is 1. The molecule has 6 heteroatoms. The van der Waals surface area contributed by atoms with Gasteiger partial charge in [-0.05, 0) is 63.6 Å². The van der Waals surface area contributed by atoms with Gasteiger partial charge in [0, 0.05) is 12.3 Å². The summed E-state index contributed by atoms with van der Waals surface area (Å²) in [6.07, 6.45) is 1.97. The van der Waals surface area contributed by atoms with Crippen molar-refractivity contribution in [3.8, 4) is 5.75 Å². The second kappa shape index (κ2) is 9.22. The van der Waals surface area contributed by atoms with Gasteiger partial charge in [-0.1, -0.05) is 13.8 Å². The van der Waals surface area contributed by atoms with Gasteiger partial charge in [-0.3, -0.25) is 4.79 Å². The van der Waals surface area contributed by atoms with Crippen LogP contribution in [0.5, 0.6) is 5.75 Å². The summed E-state index contributed by atoms with van der Waals surface area (Å²) in [4.78, 5) is 25.2. The van der Waals surface area contributed by atoms with Crippen LogP contribution >= 0.6 is 0 Å². The third-order valence-electron chi connectivity index (χ3n) is 4.56. The molecule has 2 rings (SSSR count). The van der Waals surface area contributed by atoms with Crippen molar-refractivity contribution in [2.24, 2.45) is 11.8 Å². The Morgan fingerprint density at radius 2 is 1.93 bits per heavy atom. The van der Waals surface area contributed by atoms with E-state index in [0.29, 0.717) is 36.1 Å². The second-order valence-electron chi connectivity index (χ2n) is 7.40. The minimum Gasteiger partial charge on any atom is -0.492 e. The van der Waals surface area contributed by atoms with Crippen LogP contribution in [-0.4, -0.2) is 37.3 Å². The van der Waals surface area contributed by atoms with Crippen LogP contribution in [0, 0.1) is 11.8 Å². The standard InChI is InChI=1S/C21H31NO5/c1-6-25-19(23)17-12-16(10-11-18(17)26-13-14(3)4)22-20(24)21(5,27-7-2)15-8-9-15/h10-12,14-15H,6-9,13H2,1-5H3,(H,22,24)/t21-/m0/s1. The van der Waals surface area contributed by atoms with Crippen LogP contribution in [0.1, 0.15) is 57.8 Å². The maximum absolute atomic E-state index is 12.8. The van der Waals surface area contributed by atoms with Crippen LogP contribution in [-0.2, 0) is 14.3 Å². The summed E-state index contributed by atoms with van der Waals surface area (Å²) in [5.41, 5.74) is -0.0302. The molecule has 1 amide bonds. The third kappa shape index (κ3) is 5.45. The van der Waals surface area contributed by atoms with E-state index in [9.17, 15) is 9.59 Å². The number of ether oxygens (including phenoxy) is 3. The Morgan fingerprint density at radius 1 is 1.22 bits per heavy atom. The lowest BCUT2D eigenvalue weighted by Crippen LogP contribution is -2.44. The normalized spacial score (nSPS) is 15.9. The molecule has 0 bridgehead atoms. The highest BCUT2D eigenvalue weighted by Crippen LogP contribution is 2.42. The van der Waals surface area contributed by atoms with E-state index in [0.717, 1.165) is 12.8 Å². The van der Waals surface area contributed by atoms with Gasteiger partial charge in [0.1, 0.15) is 16.9 Å². The molecule has 1 atom stereocenters. The van der Waals surface area contributed by atoms with Gasteiger partial charge in [-0.2, -0.15) is 0 Å². The zero-order chi connectivity index (χ0) is 20.0. The molecule has 1 fully saturated rings. The van der Waals surface area contributed by atoms with Crippen molar-refractivity contribution in [3.05, 3.63) is 23.8 Å². The fraction of sp³-hybridized carbons (Fsp3) is 0.619. The minimum absolute atomic E-state index is 0.197. The molecule has 1 aliphatic carbocycles. The molecule has 150 valence electrons. The molecule has 0 unspecified atom stereocenters. The monoisotopic (exact) mass is 377 g/mol. The number of benzene rings is 1. The first-order chi connectivity index (χ1) is 12.8. The Bertz CT molecular complexity index is 669. The van der Waals surface area contributed by atoms with Crippen LogP contribution < -0.4 is 10.1 Å². The van der Waals surface area contributed by atoms with Gasteiger partial charge in [0.05, 0.1) is 13.2 Å². The van der Waals surface area contributed by atoms with E-state index in [-0.39, 0.29) is 18.4 Å². The van der Waals surface area contributed by atoms with Crippen molar-refractivity contribution in [1.82, 2.24) is 0 Å². The van der Waals surface area contributed by atoms with E-state index in [1.807, 2.05) is 27.7 Å². The zero-order valence-electron chi connectivity index (χ0n) is 17.0. The lowest BCUT2D eigenvalue weighted by Gasteiger charge is -2.28. The predicted molar refractivity (Wildman–Crippen MR) is 104 cm³/mol. The van der Waals surface area contributed by atoms with E-state index in [4.69, 9.17) is 14.2 Å². The average Bonchev–Trinajstić information content (AvgIpc) is 3.46. The highest BCUT2D eigenvalue weighted by Gasteiger charge is 2.48. The van der Waals surface area contributed by atoms with Crippen LogP contribution in [0.2, 0.25) is 0 Å². The van der Waals surface area contributed by atoms with Gasteiger partial charge in [0.15, 0.2) is 0 Å². The van der Waals surface area contributed by atoms with Crippen LogP contribution in [0.4, 0.5) is 5.69 Å². The van der Waals surface area contributed by atoms with Crippen LogP contribution in [0.3, 0.4) is 0 Å². The Kier molecular flexibility index (Phi) is 7.25. The highest BCUT2D eigenvalue weighted by molar-refractivity contribution is 6.00. The zero-order valence-corrected chi connectivity index (χ0v) is 17.0. The van der Waals surface area contributed by atoms with E-state index >= 15 is 0 Å². The number of hydrogen-bond donors (Lipinski definition) is 1. The molecule has 0 aromatic heterocycles. The SMILES string of the molecule is CCOC(=O)c1cc(NC(=O)[C@@](C)(OCC)C2CC2)ccc1OCC(C)C. The number of carbonyl (C=O) groups excluding carboxylic acids is 2. The van der Waals surface area contributed by atoms with Gasteiger partial charge in [0.2, 0.25) is 0 Å². The fourth-order valence-corrected chi connectivity index (χ4v) is 2.92. The van der Waals surface area contributed by atoms with Gasteiger partial charge in [-0.15, -0.1) is 0 Å². The van der Waals surface area contributed by atoms with Gasteiger partial charge in [-0.25, -0.2) is 4.79 Å². The van der Waals surface area contributed by atoms with Crippen molar-refractivity contribution in [2.45, 2.75) is 53.1 Å². The molecule has 1 aliphatic rings. The molecule has 1 saturated carbocycles. The fourth-order valence-electron chi connectivity index (χ4n) is 2.92. The molecule has 27 heavy (non-hydrogen) atoms. The molecular weight excluding hydrogens is 346 g/mol. The first-order valence-electron chi connectivity index (χ1n) is 9.71. The molecule has 0 radical (unpaired) electrons. The maximum Gasteiger partial charge on any atom is 0.341 e. The molecule has 1 aromatic rings. The third-order valence-corrected chi connectivity index (χ3v) is 4.56. The van der Waals surface area contributed by atoms with Gasteiger partial charge >= 0.3 is 5.97 Å². The lowest BCUT2D eigenvalue weighted by molar-refractivity contribution is -0.141. The summed E-state index contributed by atoms with van der Waals surface area (Å²) in [6, 6.07) is 5.03. The van der Waals surface area contributed by atoms with Crippen molar-refractivity contribution in [1.29, 1.82) is 0 Å². The topological polar surface area (TPSA) is 73.9 Å². The van der Waals surface area contributed by atoms with E-state index in [1.54, 1.807) is 25.1 Å². The number of anilines is 1.